The number of hydrogen-bond acceptors (Lipinski definition) is 10. The minimum atomic E-state index is -0.462. The number of piperazine rings is 1. The number of methoxy groups -OCH3 is 1. The molecule has 0 bridgehead atoms. The van der Waals surface area contributed by atoms with E-state index in [-0.39, 0.29) is 0 Å². The number of piperidine rings is 1. The van der Waals surface area contributed by atoms with Crippen LogP contribution in [0.15, 0.2) is 55.0 Å². The highest BCUT2D eigenvalue weighted by molar-refractivity contribution is 7.65. The van der Waals surface area contributed by atoms with Crippen LogP contribution in [0.4, 0.5) is 28.8 Å². The summed E-state index contributed by atoms with van der Waals surface area (Å²) < 4.78 is 7.85. The van der Waals surface area contributed by atoms with E-state index in [0.29, 0.717) is 28.7 Å². The second-order valence-corrected chi connectivity index (χ2v) is 17.2. The highest BCUT2D eigenvalue weighted by Gasteiger charge is 2.29. The Bertz CT molecular complexity index is 2070. The van der Waals surface area contributed by atoms with Crippen LogP contribution in [0.2, 0.25) is 5.02 Å². The largest absolute Gasteiger partial charge is 0.494 e. The second kappa shape index (κ2) is 14.8. The molecule has 2 N–H and O–H groups in total. The van der Waals surface area contributed by atoms with E-state index in [1.165, 1.54) is 29.2 Å². The fourth-order valence-corrected chi connectivity index (χ4v) is 9.13. The first-order valence-corrected chi connectivity index (χ1v) is 20.9. The van der Waals surface area contributed by atoms with E-state index in [9.17, 15) is 0 Å². The van der Waals surface area contributed by atoms with Crippen molar-refractivity contribution in [3.8, 4) is 16.9 Å². The Balaban J connectivity index is 1.07. The van der Waals surface area contributed by atoms with Crippen molar-refractivity contribution in [2.24, 2.45) is 7.05 Å². The van der Waals surface area contributed by atoms with Gasteiger partial charge in [-0.2, -0.15) is 10.1 Å². The number of hydrogen-bond donors (Lipinski definition) is 2. The van der Waals surface area contributed by atoms with E-state index in [1.807, 2.05) is 17.9 Å². The van der Waals surface area contributed by atoms with Gasteiger partial charge >= 0.3 is 0 Å². The average molecular weight is 739 g/mol. The predicted octanol–water partition coefficient (Wildman–Crippen LogP) is 7.03. The molecule has 1 saturated carbocycles. The molecule has 272 valence electrons. The molecule has 8 rings (SSSR count). The summed E-state index contributed by atoms with van der Waals surface area (Å²) in [6.07, 6.45) is 10.4. The zero-order valence-corrected chi connectivity index (χ0v) is 32.4. The van der Waals surface area contributed by atoms with Crippen LogP contribution >= 0.6 is 19.5 Å². The highest BCUT2D eigenvalue weighted by atomic mass is 35.5. The Morgan fingerprint density at radius 2 is 1.65 bits per heavy atom. The molecular weight excluding hydrogens is 691 g/mol. The Hall–Kier alpha value is -4.02. The number of nitrogens with one attached hydrogen (secondary N) is 2. The fraction of sp³-hybridized carbons (Fsp3) is 0.436. The lowest BCUT2D eigenvalue weighted by Crippen LogP contribution is -2.52. The number of benzene rings is 2. The van der Waals surface area contributed by atoms with Gasteiger partial charge in [0.2, 0.25) is 5.95 Å². The first-order valence-electron chi connectivity index (χ1n) is 18.3. The minimum Gasteiger partial charge on any atom is -0.494 e. The number of halogens is 1. The molecule has 2 aliphatic heterocycles. The quantitative estimate of drug-likeness (QED) is 0.145. The molecule has 11 nitrogen and oxygen atoms in total. The van der Waals surface area contributed by atoms with Crippen LogP contribution in [-0.4, -0.2) is 107 Å². The standard InChI is InChI=1S/C39H48ClN10OP/c1-47-16-18-49(19-17-47)27-12-14-50(15-13-27)35-21-36(51-3)34(20-29(35)26-22-42-48(2)24-26)45-39-41-23-30(40)38(46-39)44-33-11-10-32-28(37(33)52(4)5)8-9-31(43-32)25-6-7-25/h8-11,20-25,27H,6-7,12-19H2,1-5H3,(H2,41,44,45,46). The lowest BCUT2D eigenvalue weighted by Gasteiger charge is -2.43. The van der Waals surface area contributed by atoms with Crippen LogP contribution in [-0.2, 0) is 7.05 Å². The van der Waals surface area contributed by atoms with Crippen molar-refractivity contribution >= 4 is 64.6 Å². The monoisotopic (exact) mass is 738 g/mol. The van der Waals surface area contributed by atoms with E-state index in [1.54, 1.807) is 13.3 Å². The van der Waals surface area contributed by atoms with E-state index < -0.39 is 7.92 Å². The van der Waals surface area contributed by atoms with Gasteiger partial charge in [-0.1, -0.05) is 25.6 Å². The Morgan fingerprint density at radius 3 is 2.35 bits per heavy atom. The molecule has 13 heteroatoms. The number of rotatable bonds is 10. The van der Waals surface area contributed by atoms with Crippen LogP contribution in [0, 0.1) is 0 Å². The third kappa shape index (κ3) is 7.29. The molecule has 3 aromatic heterocycles. The molecule has 52 heavy (non-hydrogen) atoms. The summed E-state index contributed by atoms with van der Waals surface area (Å²) in [6.45, 7) is 11.1. The van der Waals surface area contributed by atoms with Crippen molar-refractivity contribution in [1.82, 2.24) is 34.5 Å². The molecule has 0 amide bonds. The Labute approximate surface area is 312 Å². The summed E-state index contributed by atoms with van der Waals surface area (Å²) in [5.74, 6) is 2.28. The molecule has 3 fully saturated rings. The van der Waals surface area contributed by atoms with Gasteiger partial charge in [0.15, 0.2) is 5.82 Å². The molecule has 0 atom stereocenters. The van der Waals surface area contributed by atoms with Crippen LogP contribution in [0.3, 0.4) is 0 Å². The number of aryl methyl sites for hydroxylation is 1. The highest BCUT2D eigenvalue weighted by Crippen LogP contribution is 2.43. The number of fused-ring (bicyclic) bond motifs is 1. The average Bonchev–Trinajstić information content (AvgIpc) is 3.92. The van der Waals surface area contributed by atoms with Crippen molar-refractivity contribution in [1.29, 1.82) is 0 Å². The number of anilines is 5. The third-order valence-electron chi connectivity index (χ3n) is 10.7. The maximum absolute atomic E-state index is 6.73. The molecule has 3 aliphatic rings. The SMILES string of the molecule is COc1cc(N2CCC(N3CCN(C)CC3)CC2)c(-c2cnn(C)c2)cc1Nc1ncc(Cl)c(Nc2ccc3nc(C4CC4)ccc3c2P(C)C)n1. The summed E-state index contributed by atoms with van der Waals surface area (Å²) in [7, 11) is 5.42. The van der Waals surface area contributed by atoms with Gasteiger partial charge in [-0.15, -0.1) is 0 Å². The van der Waals surface area contributed by atoms with Crippen LogP contribution < -0.4 is 25.6 Å². The van der Waals surface area contributed by atoms with E-state index in [2.05, 4.69) is 98.4 Å². The van der Waals surface area contributed by atoms with Gasteiger partial charge in [0.05, 0.1) is 30.7 Å². The van der Waals surface area contributed by atoms with Crippen molar-refractivity contribution < 1.29 is 4.74 Å². The van der Waals surface area contributed by atoms with Crippen molar-refractivity contribution in [3.63, 3.8) is 0 Å². The number of aromatic nitrogens is 5. The van der Waals surface area contributed by atoms with Crippen LogP contribution in [0.25, 0.3) is 22.0 Å². The predicted molar refractivity (Wildman–Crippen MR) is 215 cm³/mol. The Kier molecular flexibility index (Phi) is 9.96. The van der Waals surface area contributed by atoms with Crippen LogP contribution in [0.5, 0.6) is 5.75 Å². The summed E-state index contributed by atoms with van der Waals surface area (Å²) in [4.78, 5) is 22.1. The molecular formula is C39H48ClN10OP. The molecule has 0 spiro atoms. The number of nitrogens with zero attached hydrogens (tertiary/aromatic N) is 8. The maximum Gasteiger partial charge on any atom is 0.229 e. The van der Waals surface area contributed by atoms with Gasteiger partial charge in [-0.25, -0.2) is 4.98 Å². The molecule has 2 saturated heterocycles. The fourth-order valence-electron chi connectivity index (χ4n) is 7.70. The normalized spacial score (nSPS) is 17.6. The van der Waals surface area contributed by atoms with Crippen molar-refractivity contribution in [2.75, 3.05) is 82.3 Å². The topological polar surface area (TPSA) is 99.5 Å². The van der Waals surface area contributed by atoms with Gasteiger partial charge in [0, 0.05) is 109 Å². The number of ether oxygens (including phenoxy) is 1. The number of pyridine rings is 1. The molecule has 0 unspecified atom stereocenters. The molecule has 5 heterocycles. The first-order chi connectivity index (χ1) is 25.2. The molecule has 2 aromatic carbocycles. The van der Waals surface area contributed by atoms with Crippen molar-refractivity contribution in [2.45, 2.75) is 37.6 Å². The number of likely N-dealkylation sites (N-methyl/N-ethyl adjacent to an activating group) is 1. The van der Waals surface area contributed by atoms with Gasteiger partial charge in [-0.05, 0) is 70.3 Å². The summed E-state index contributed by atoms with van der Waals surface area (Å²) in [5, 5.41) is 14.4. The van der Waals surface area contributed by atoms with Gasteiger partial charge < -0.3 is 25.2 Å². The zero-order valence-electron chi connectivity index (χ0n) is 30.7. The summed E-state index contributed by atoms with van der Waals surface area (Å²) in [6, 6.07) is 13.5. The third-order valence-corrected chi connectivity index (χ3v) is 12.4. The van der Waals surface area contributed by atoms with Gasteiger partial charge in [-0.3, -0.25) is 14.6 Å². The van der Waals surface area contributed by atoms with Gasteiger partial charge in [0.1, 0.15) is 10.8 Å². The van der Waals surface area contributed by atoms with Crippen molar-refractivity contribution in [3.05, 3.63) is 65.7 Å². The zero-order chi connectivity index (χ0) is 35.9. The van der Waals surface area contributed by atoms with E-state index >= 15 is 0 Å². The lowest BCUT2D eigenvalue weighted by molar-refractivity contribution is 0.0982. The second-order valence-electron chi connectivity index (χ2n) is 14.6. The van der Waals surface area contributed by atoms with Gasteiger partial charge in [0.25, 0.3) is 0 Å². The van der Waals surface area contributed by atoms with E-state index in [4.69, 9.17) is 26.3 Å². The summed E-state index contributed by atoms with van der Waals surface area (Å²) in [5.41, 5.74) is 7.25. The smallest absolute Gasteiger partial charge is 0.229 e. The maximum atomic E-state index is 6.73. The molecule has 0 radical (unpaired) electrons. The lowest BCUT2D eigenvalue weighted by atomic mass is 9.98. The molecule has 5 aromatic rings. The van der Waals surface area contributed by atoms with E-state index in [0.717, 1.165) is 91.6 Å². The van der Waals surface area contributed by atoms with Crippen LogP contribution in [0.1, 0.15) is 37.3 Å². The minimum absolute atomic E-state index is 0.413. The first kappa shape index (κ1) is 35.0. The molecule has 1 aliphatic carbocycles. The Morgan fingerprint density at radius 1 is 0.865 bits per heavy atom. The summed E-state index contributed by atoms with van der Waals surface area (Å²) >= 11 is 6.73.